The lowest BCUT2D eigenvalue weighted by molar-refractivity contribution is -0.167. The molecule has 0 saturated heterocycles. The second-order valence-electron chi connectivity index (χ2n) is 23.4. The first-order valence-corrected chi connectivity index (χ1v) is 35.1. The molecule has 0 fully saturated rings. The van der Waals surface area contributed by atoms with Gasteiger partial charge in [-0.25, -0.2) is 0 Å². The Morgan fingerprint density at radius 1 is 0.259 bits per heavy atom. The lowest BCUT2D eigenvalue weighted by atomic mass is 10.0. The summed E-state index contributed by atoms with van der Waals surface area (Å²) >= 11 is 0. The van der Waals surface area contributed by atoms with E-state index in [1.165, 1.54) is 218 Å². The highest BCUT2D eigenvalue weighted by Gasteiger charge is 2.19. The van der Waals surface area contributed by atoms with Crippen LogP contribution in [-0.2, 0) is 28.6 Å². The minimum absolute atomic E-state index is 0.0951. The molecule has 0 aliphatic rings. The minimum atomic E-state index is -0.806. The van der Waals surface area contributed by atoms with E-state index >= 15 is 0 Å². The van der Waals surface area contributed by atoms with Crippen molar-refractivity contribution in [1.82, 2.24) is 0 Å². The molecule has 0 bridgehead atoms. The molecule has 6 nitrogen and oxygen atoms in total. The van der Waals surface area contributed by atoms with Crippen molar-refractivity contribution in [3.8, 4) is 0 Å². The van der Waals surface area contributed by atoms with Crippen LogP contribution in [0, 0.1) is 0 Å². The largest absolute Gasteiger partial charge is 0.462 e. The van der Waals surface area contributed by atoms with Crippen LogP contribution >= 0.6 is 0 Å². The molecule has 6 heteroatoms. The van der Waals surface area contributed by atoms with E-state index in [4.69, 9.17) is 14.2 Å². The number of hydrogen-bond acceptors (Lipinski definition) is 6. The SMILES string of the molecule is CC/C=C\C/C=C\C/C=C\C/C=C\C/C=C\C/C=C\C/C=C\CCCC(=O)OC(COC(=O)CCCCCCCCCCCCCCCCCC)COC(=O)CCCCCCCCCCCCCCCCCCCCCCCCCC. The van der Waals surface area contributed by atoms with Crippen molar-refractivity contribution in [3.63, 3.8) is 0 Å². The number of esters is 3. The van der Waals surface area contributed by atoms with Gasteiger partial charge in [-0.05, 0) is 70.6 Å². The predicted molar refractivity (Wildman–Crippen MR) is 353 cm³/mol. The highest BCUT2D eigenvalue weighted by Crippen LogP contribution is 2.18. The van der Waals surface area contributed by atoms with Crippen molar-refractivity contribution in [3.05, 3.63) is 85.1 Å². The molecule has 0 N–H and O–H groups in total. The molecule has 0 spiro atoms. The van der Waals surface area contributed by atoms with E-state index in [1.54, 1.807) is 0 Å². The summed E-state index contributed by atoms with van der Waals surface area (Å²) in [6.45, 7) is 6.54. The molecular weight excluding hydrogens is 997 g/mol. The van der Waals surface area contributed by atoms with Crippen molar-refractivity contribution in [2.24, 2.45) is 0 Å². The van der Waals surface area contributed by atoms with Crippen LogP contribution in [0.15, 0.2) is 85.1 Å². The number of carbonyl (C=O) groups is 3. The van der Waals surface area contributed by atoms with Crippen LogP contribution in [0.3, 0.4) is 0 Å². The van der Waals surface area contributed by atoms with Crippen molar-refractivity contribution < 1.29 is 28.6 Å². The van der Waals surface area contributed by atoms with Crippen LogP contribution in [0.2, 0.25) is 0 Å². The van der Waals surface area contributed by atoms with Gasteiger partial charge in [0.05, 0.1) is 0 Å². The lowest BCUT2D eigenvalue weighted by Gasteiger charge is -2.18. The van der Waals surface area contributed by atoms with E-state index in [9.17, 15) is 14.4 Å². The summed E-state index contributed by atoms with van der Waals surface area (Å²) in [5.41, 5.74) is 0. The monoisotopic (exact) mass is 1130 g/mol. The first-order valence-electron chi connectivity index (χ1n) is 35.1. The van der Waals surface area contributed by atoms with Crippen molar-refractivity contribution in [2.75, 3.05) is 13.2 Å². The zero-order valence-corrected chi connectivity index (χ0v) is 53.8. The highest BCUT2D eigenvalue weighted by molar-refractivity contribution is 5.71. The summed E-state index contributed by atoms with van der Waals surface area (Å²) in [4.78, 5) is 38.4. The summed E-state index contributed by atoms with van der Waals surface area (Å²) in [7, 11) is 0. The van der Waals surface area contributed by atoms with Crippen LogP contribution in [0.1, 0.15) is 355 Å². The second-order valence-corrected chi connectivity index (χ2v) is 23.4. The third-order valence-electron chi connectivity index (χ3n) is 15.4. The number of hydrogen-bond donors (Lipinski definition) is 0. The van der Waals surface area contributed by atoms with Gasteiger partial charge in [-0.3, -0.25) is 14.4 Å². The molecule has 0 rings (SSSR count). The van der Waals surface area contributed by atoms with Crippen LogP contribution in [0.5, 0.6) is 0 Å². The number of allylic oxidation sites excluding steroid dienone is 14. The smallest absolute Gasteiger partial charge is 0.306 e. The summed E-state index contributed by atoms with van der Waals surface area (Å²) < 4.78 is 16.9. The third-order valence-corrected chi connectivity index (χ3v) is 15.4. The Morgan fingerprint density at radius 2 is 0.481 bits per heavy atom. The van der Waals surface area contributed by atoms with Gasteiger partial charge in [-0.15, -0.1) is 0 Å². The molecule has 0 aromatic rings. The Morgan fingerprint density at radius 3 is 0.741 bits per heavy atom. The van der Waals surface area contributed by atoms with Crippen molar-refractivity contribution >= 4 is 17.9 Å². The molecule has 0 amide bonds. The summed E-state index contributed by atoms with van der Waals surface area (Å²) in [6.07, 6.45) is 91.9. The maximum atomic E-state index is 12.9. The average Bonchev–Trinajstić information content (AvgIpc) is 3.47. The molecule has 0 saturated carbocycles. The molecule has 0 aliphatic heterocycles. The van der Waals surface area contributed by atoms with Crippen LogP contribution in [-0.4, -0.2) is 37.2 Å². The zero-order chi connectivity index (χ0) is 58.5. The normalized spacial score (nSPS) is 12.6. The fraction of sp³-hybridized carbons (Fsp3) is 0.773. The van der Waals surface area contributed by atoms with Gasteiger partial charge < -0.3 is 14.2 Å². The van der Waals surface area contributed by atoms with Gasteiger partial charge in [0.25, 0.3) is 0 Å². The molecule has 468 valence electrons. The van der Waals surface area contributed by atoms with E-state index < -0.39 is 6.10 Å². The van der Waals surface area contributed by atoms with Gasteiger partial charge in [0.2, 0.25) is 0 Å². The Balaban J connectivity index is 4.40. The van der Waals surface area contributed by atoms with Crippen LogP contribution in [0.4, 0.5) is 0 Å². The van der Waals surface area contributed by atoms with E-state index in [-0.39, 0.29) is 37.5 Å². The molecule has 1 atom stereocenters. The molecule has 81 heavy (non-hydrogen) atoms. The van der Waals surface area contributed by atoms with Gasteiger partial charge in [0, 0.05) is 19.3 Å². The number of unbranched alkanes of at least 4 members (excludes halogenated alkanes) is 39. The maximum absolute atomic E-state index is 12.9. The minimum Gasteiger partial charge on any atom is -0.462 e. The van der Waals surface area contributed by atoms with E-state index in [0.29, 0.717) is 19.3 Å². The Labute approximate surface area is 503 Å². The Hall–Kier alpha value is -3.41. The van der Waals surface area contributed by atoms with Crippen LogP contribution < -0.4 is 0 Å². The first-order chi connectivity index (χ1) is 40.0. The summed E-state index contributed by atoms with van der Waals surface area (Å²) in [5.74, 6) is -0.934. The topological polar surface area (TPSA) is 78.9 Å². The molecule has 0 radical (unpaired) electrons. The average molecular weight is 1130 g/mol. The Kier molecular flexibility index (Phi) is 66.2. The second kappa shape index (κ2) is 69.1. The number of ether oxygens (including phenoxy) is 3. The summed E-state index contributed by atoms with van der Waals surface area (Å²) in [6, 6.07) is 0. The van der Waals surface area contributed by atoms with E-state index in [1.807, 2.05) is 0 Å². The van der Waals surface area contributed by atoms with Gasteiger partial charge in [-0.1, -0.05) is 350 Å². The fourth-order valence-corrected chi connectivity index (χ4v) is 10.2. The van der Waals surface area contributed by atoms with E-state index in [2.05, 4.69) is 106 Å². The first kappa shape index (κ1) is 77.6. The van der Waals surface area contributed by atoms with E-state index in [0.717, 1.165) is 89.9 Å². The maximum Gasteiger partial charge on any atom is 0.306 e. The Bertz CT molecular complexity index is 1530. The molecule has 1 unspecified atom stereocenters. The zero-order valence-electron chi connectivity index (χ0n) is 53.8. The van der Waals surface area contributed by atoms with Crippen molar-refractivity contribution in [2.45, 2.75) is 361 Å². The highest BCUT2D eigenvalue weighted by atomic mass is 16.6. The van der Waals surface area contributed by atoms with Gasteiger partial charge in [0.15, 0.2) is 6.10 Å². The fourth-order valence-electron chi connectivity index (χ4n) is 10.2. The number of rotatable bonds is 64. The van der Waals surface area contributed by atoms with Gasteiger partial charge in [-0.2, -0.15) is 0 Å². The van der Waals surface area contributed by atoms with Gasteiger partial charge >= 0.3 is 17.9 Å². The number of carbonyl (C=O) groups excluding carboxylic acids is 3. The lowest BCUT2D eigenvalue weighted by Crippen LogP contribution is -2.30. The predicted octanol–water partition coefficient (Wildman–Crippen LogP) is 24.2. The molecular formula is C75H132O6. The quantitative estimate of drug-likeness (QED) is 0.0261. The van der Waals surface area contributed by atoms with Crippen LogP contribution in [0.25, 0.3) is 0 Å². The molecule has 0 aromatic carbocycles. The third kappa shape index (κ3) is 67.3. The van der Waals surface area contributed by atoms with Gasteiger partial charge in [0.1, 0.15) is 13.2 Å². The molecule has 0 aromatic heterocycles. The molecule has 0 heterocycles. The van der Waals surface area contributed by atoms with Crippen molar-refractivity contribution in [1.29, 1.82) is 0 Å². The summed E-state index contributed by atoms with van der Waals surface area (Å²) in [5, 5.41) is 0. The standard InChI is InChI=1S/C75H132O6/c1-4-7-10-13-16-19-22-25-28-31-33-35-37-39-40-42-44-47-50-53-56-59-62-65-68-74(77)80-71-72(70-79-73(76)67-64-61-58-55-52-49-46-30-27-24-21-18-15-12-9-6-3)81-75(78)69-66-63-60-57-54-51-48-45-43-41-38-36-34-32-29-26-23-20-17-14-11-8-5-2/h8,11,17,20,26,29,34,36,41,43,48,51,57,60,72H,4-7,9-10,12-16,18-19,21-25,27-28,30-33,35,37-40,42,44-47,49-50,52-56,58-59,61-71H2,1-3H3/b11-8-,20-17-,29-26-,36-34-,43-41-,51-48-,60-57-. The molecule has 0 aliphatic carbocycles.